The fourth-order valence-corrected chi connectivity index (χ4v) is 2.58. The Balaban J connectivity index is 1.69. The van der Waals surface area contributed by atoms with Crippen molar-refractivity contribution in [3.63, 3.8) is 0 Å². The summed E-state index contributed by atoms with van der Waals surface area (Å²) in [6.07, 6.45) is 5.38. The van der Waals surface area contributed by atoms with E-state index < -0.39 is 0 Å². The van der Waals surface area contributed by atoms with Crippen molar-refractivity contribution in [2.45, 2.75) is 43.9 Å². The molecule has 0 amide bonds. The highest BCUT2D eigenvalue weighted by Crippen LogP contribution is 2.34. The monoisotopic (exact) mass is 241 g/mol. The van der Waals surface area contributed by atoms with Crippen LogP contribution in [0.1, 0.15) is 25.7 Å². The van der Waals surface area contributed by atoms with Gasteiger partial charge in [-0.3, -0.25) is 4.99 Å². The van der Waals surface area contributed by atoms with Gasteiger partial charge in [-0.2, -0.15) is 0 Å². The van der Waals surface area contributed by atoms with E-state index in [0.717, 1.165) is 32.0 Å². The number of guanidine groups is 1. The van der Waals surface area contributed by atoms with Gasteiger partial charge in [-0.1, -0.05) is 0 Å². The summed E-state index contributed by atoms with van der Waals surface area (Å²) in [5, 5.41) is 6.74. The van der Waals surface area contributed by atoms with Gasteiger partial charge in [0.25, 0.3) is 0 Å². The van der Waals surface area contributed by atoms with Crippen molar-refractivity contribution in [3.05, 3.63) is 0 Å². The van der Waals surface area contributed by atoms with E-state index in [1.165, 1.54) is 12.8 Å². The van der Waals surface area contributed by atoms with Crippen molar-refractivity contribution in [3.8, 4) is 0 Å². The smallest absolute Gasteiger partial charge is 0.191 e. The molecule has 0 radical (unpaired) electrons. The van der Waals surface area contributed by atoms with Crippen molar-refractivity contribution < 1.29 is 9.47 Å². The molecule has 3 unspecified atom stereocenters. The van der Waals surface area contributed by atoms with Gasteiger partial charge in [-0.15, -0.1) is 0 Å². The SMILES string of the molecule is CN=C(NCCCOC)NC1CC2CCC1O2. The number of rotatable bonds is 5. The van der Waals surface area contributed by atoms with Crippen molar-refractivity contribution >= 4 is 5.96 Å². The number of hydrogen-bond acceptors (Lipinski definition) is 3. The molecular formula is C12H23N3O2. The van der Waals surface area contributed by atoms with E-state index in [-0.39, 0.29) is 0 Å². The quantitative estimate of drug-likeness (QED) is 0.418. The first kappa shape index (κ1) is 12.6. The van der Waals surface area contributed by atoms with Crippen LogP contribution in [0, 0.1) is 0 Å². The van der Waals surface area contributed by atoms with E-state index in [1.54, 1.807) is 14.2 Å². The second kappa shape index (κ2) is 6.21. The fourth-order valence-electron chi connectivity index (χ4n) is 2.58. The molecule has 17 heavy (non-hydrogen) atoms. The van der Waals surface area contributed by atoms with Crippen LogP contribution in [0.25, 0.3) is 0 Å². The van der Waals surface area contributed by atoms with Gasteiger partial charge in [0.1, 0.15) is 0 Å². The summed E-state index contributed by atoms with van der Waals surface area (Å²) in [5.74, 6) is 0.877. The summed E-state index contributed by atoms with van der Waals surface area (Å²) in [4.78, 5) is 4.23. The van der Waals surface area contributed by atoms with E-state index in [4.69, 9.17) is 9.47 Å². The van der Waals surface area contributed by atoms with E-state index >= 15 is 0 Å². The lowest BCUT2D eigenvalue weighted by Gasteiger charge is -2.22. The Morgan fingerprint density at radius 1 is 1.47 bits per heavy atom. The topological polar surface area (TPSA) is 54.9 Å². The lowest BCUT2D eigenvalue weighted by Crippen LogP contribution is -2.47. The van der Waals surface area contributed by atoms with Crippen LogP contribution in [-0.2, 0) is 9.47 Å². The molecule has 0 aromatic heterocycles. The van der Waals surface area contributed by atoms with Gasteiger partial charge in [0.15, 0.2) is 5.96 Å². The molecular weight excluding hydrogens is 218 g/mol. The normalized spacial score (nSPS) is 31.9. The second-order valence-corrected chi connectivity index (χ2v) is 4.71. The molecule has 2 fully saturated rings. The molecule has 5 heteroatoms. The predicted octanol–water partition coefficient (Wildman–Crippen LogP) is 0.508. The van der Waals surface area contributed by atoms with Crippen molar-refractivity contribution in [2.75, 3.05) is 27.3 Å². The summed E-state index contributed by atoms with van der Waals surface area (Å²) in [6, 6.07) is 0.433. The minimum atomic E-state index is 0.387. The first-order valence-corrected chi connectivity index (χ1v) is 6.45. The zero-order valence-electron chi connectivity index (χ0n) is 10.7. The van der Waals surface area contributed by atoms with Crippen LogP contribution in [0.15, 0.2) is 4.99 Å². The molecule has 0 aromatic carbocycles. The molecule has 2 rings (SSSR count). The summed E-state index contributed by atoms with van der Waals surface area (Å²) in [5.41, 5.74) is 0. The van der Waals surface area contributed by atoms with Crippen LogP contribution in [0.3, 0.4) is 0 Å². The number of nitrogens with zero attached hydrogens (tertiary/aromatic N) is 1. The van der Waals surface area contributed by atoms with Gasteiger partial charge >= 0.3 is 0 Å². The Morgan fingerprint density at radius 2 is 2.35 bits per heavy atom. The fraction of sp³-hybridized carbons (Fsp3) is 0.917. The number of methoxy groups -OCH3 is 1. The number of ether oxygens (including phenoxy) is 2. The molecule has 2 saturated heterocycles. The molecule has 0 aromatic rings. The molecule has 0 aliphatic carbocycles. The van der Waals surface area contributed by atoms with Gasteiger partial charge in [0.2, 0.25) is 0 Å². The van der Waals surface area contributed by atoms with Gasteiger partial charge in [0.05, 0.1) is 18.2 Å². The highest BCUT2D eigenvalue weighted by atomic mass is 16.5. The molecule has 2 N–H and O–H groups in total. The predicted molar refractivity (Wildman–Crippen MR) is 67.3 cm³/mol. The first-order valence-electron chi connectivity index (χ1n) is 6.45. The molecule has 98 valence electrons. The van der Waals surface area contributed by atoms with E-state index in [9.17, 15) is 0 Å². The highest BCUT2D eigenvalue weighted by Gasteiger charge is 2.40. The van der Waals surface area contributed by atoms with E-state index in [2.05, 4.69) is 15.6 Å². The van der Waals surface area contributed by atoms with Crippen molar-refractivity contribution in [1.82, 2.24) is 10.6 Å². The molecule has 2 bridgehead atoms. The third-order valence-electron chi connectivity index (χ3n) is 3.47. The van der Waals surface area contributed by atoms with Gasteiger partial charge in [0, 0.05) is 27.3 Å². The highest BCUT2D eigenvalue weighted by molar-refractivity contribution is 5.80. The van der Waals surface area contributed by atoms with Crippen LogP contribution in [0.5, 0.6) is 0 Å². The largest absolute Gasteiger partial charge is 0.385 e. The summed E-state index contributed by atoms with van der Waals surface area (Å²) in [7, 11) is 3.53. The zero-order chi connectivity index (χ0) is 12.1. The zero-order valence-corrected chi connectivity index (χ0v) is 10.7. The average molecular weight is 241 g/mol. The summed E-state index contributed by atoms with van der Waals surface area (Å²) >= 11 is 0. The standard InChI is InChI=1S/C12H23N3O2/c1-13-12(14-6-3-7-16-2)15-10-8-9-4-5-11(10)17-9/h9-11H,3-8H2,1-2H3,(H2,13,14,15). The van der Waals surface area contributed by atoms with Gasteiger partial charge in [-0.05, 0) is 25.7 Å². The van der Waals surface area contributed by atoms with E-state index in [0.29, 0.717) is 18.2 Å². The maximum Gasteiger partial charge on any atom is 0.191 e. The van der Waals surface area contributed by atoms with Crippen LogP contribution in [0.2, 0.25) is 0 Å². The Kier molecular flexibility index (Phi) is 4.62. The van der Waals surface area contributed by atoms with Gasteiger partial charge < -0.3 is 20.1 Å². The van der Waals surface area contributed by atoms with Crippen molar-refractivity contribution in [1.29, 1.82) is 0 Å². The molecule has 5 nitrogen and oxygen atoms in total. The molecule has 0 saturated carbocycles. The first-order chi connectivity index (χ1) is 8.33. The Morgan fingerprint density at radius 3 is 2.94 bits per heavy atom. The van der Waals surface area contributed by atoms with E-state index in [1.807, 2.05) is 0 Å². The maximum atomic E-state index is 5.81. The minimum absolute atomic E-state index is 0.387. The van der Waals surface area contributed by atoms with Crippen LogP contribution < -0.4 is 10.6 Å². The molecule has 2 heterocycles. The summed E-state index contributed by atoms with van der Waals surface area (Å²) < 4.78 is 10.8. The number of fused-ring (bicyclic) bond motifs is 2. The maximum absolute atomic E-state index is 5.81. The van der Waals surface area contributed by atoms with Crippen molar-refractivity contribution in [2.24, 2.45) is 4.99 Å². The van der Waals surface area contributed by atoms with Crippen LogP contribution in [-0.4, -0.2) is 51.5 Å². The van der Waals surface area contributed by atoms with Crippen LogP contribution >= 0.6 is 0 Å². The molecule has 2 aliphatic heterocycles. The lowest BCUT2D eigenvalue weighted by atomic mass is 9.96. The Labute approximate surface area is 103 Å². The summed E-state index contributed by atoms with van der Waals surface area (Å²) in [6.45, 7) is 1.66. The second-order valence-electron chi connectivity index (χ2n) is 4.71. The molecule has 2 aliphatic rings. The minimum Gasteiger partial charge on any atom is -0.385 e. The number of nitrogens with one attached hydrogen (secondary N) is 2. The lowest BCUT2D eigenvalue weighted by molar-refractivity contribution is 0.0992. The number of aliphatic imine (C=N–C) groups is 1. The van der Waals surface area contributed by atoms with Gasteiger partial charge in [-0.25, -0.2) is 0 Å². The molecule has 0 spiro atoms. The number of hydrogen-bond donors (Lipinski definition) is 2. The average Bonchev–Trinajstić information content (AvgIpc) is 2.95. The Hall–Kier alpha value is -0.810. The Bertz CT molecular complexity index is 270. The third-order valence-corrected chi connectivity index (χ3v) is 3.47. The third kappa shape index (κ3) is 3.33. The van der Waals surface area contributed by atoms with Crippen LogP contribution in [0.4, 0.5) is 0 Å². The molecule has 3 atom stereocenters.